The van der Waals surface area contributed by atoms with Crippen molar-refractivity contribution in [3.05, 3.63) is 12.3 Å². The first-order chi connectivity index (χ1) is 5.88. The van der Waals surface area contributed by atoms with Crippen LogP contribution in [0, 0.1) is 0 Å². The van der Waals surface area contributed by atoms with Crippen molar-refractivity contribution in [1.29, 1.82) is 0 Å². The second-order valence-corrected chi connectivity index (χ2v) is 3.04. The lowest BCUT2D eigenvalue weighted by Gasteiger charge is -2.23. The Labute approximate surface area is 71.3 Å². The maximum absolute atomic E-state index is 5.73. The van der Waals surface area contributed by atoms with Crippen LogP contribution in [-0.4, -0.2) is 23.0 Å². The lowest BCUT2D eigenvalue weighted by atomic mass is 10.1. The van der Waals surface area contributed by atoms with Crippen molar-refractivity contribution in [2.75, 3.05) is 18.9 Å². The van der Waals surface area contributed by atoms with Crippen LogP contribution < -0.4 is 5.73 Å². The molecule has 2 rings (SSSR count). The van der Waals surface area contributed by atoms with Gasteiger partial charge >= 0.3 is 0 Å². The number of nitrogens with two attached hydrogens (primary N) is 1. The van der Waals surface area contributed by atoms with E-state index in [1.807, 2.05) is 10.7 Å². The number of hydrogen-bond acceptors (Lipinski definition) is 3. The molecule has 0 aliphatic carbocycles. The van der Waals surface area contributed by atoms with Crippen LogP contribution in [0.25, 0.3) is 0 Å². The number of nitrogens with zero attached hydrogens (tertiary/aromatic N) is 2. The molecule has 1 aliphatic heterocycles. The van der Waals surface area contributed by atoms with Crippen molar-refractivity contribution < 1.29 is 4.74 Å². The summed E-state index contributed by atoms with van der Waals surface area (Å²) in [5, 5.41) is 4.18. The molecule has 1 saturated heterocycles. The van der Waals surface area contributed by atoms with Crippen LogP contribution in [-0.2, 0) is 4.74 Å². The third-order valence-electron chi connectivity index (χ3n) is 2.24. The predicted molar refractivity (Wildman–Crippen MR) is 45.7 cm³/mol. The number of hydrogen-bond donors (Lipinski definition) is 1. The summed E-state index contributed by atoms with van der Waals surface area (Å²) in [5.41, 5.74) is 5.73. The molecular weight excluding hydrogens is 154 g/mol. The van der Waals surface area contributed by atoms with E-state index < -0.39 is 0 Å². The summed E-state index contributed by atoms with van der Waals surface area (Å²) < 4.78 is 7.15. The molecule has 0 atom stereocenters. The molecule has 1 fully saturated rings. The van der Waals surface area contributed by atoms with Crippen LogP contribution in [0.15, 0.2) is 12.3 Å². The Morgan fingerprint density at radius 1 is 1.50 bits per heavy atom. The van der Waals surface area contributed by atoms with E-state index in [0.29, 0.717) is 6.04 Å². The van der Waals surface area contributed by atoms with Gasteiger partial charge in [0, 0.05) is 13.2 Å². The average molecular weight is 167 g/mol. The fraction of sp³-hybridized carbons (Fsp3) is 0.625. The van der Waals surface area contributed by atoms with Gasteiger partial charge in [-0.2, -0.15) is 5.10 Å². The van der Waals surface area contributed by atoms with Crippen LogP contribution in [0.4, 0.5) is 5.82 Å². The predicted octanol–water partition coefficient (Wildman–Crippen LogP) is 0.817. The Morgan fingerprint density at radius 2 is 2.25 bits per heavy atom. The first-order valence-corrected chi connectivity index (χ1v) is 4.24. The zero-order valence-corrected chi connectivity index (χ0v) is 6.94. The Bertz CT molecular complexity index is 253. The molecule has 1 aliphatic rings. The third kappa shape index (κ3) is 1.30. The molecule has 12 heavy (non-hydrogen) atoms. The fourth-order valence-corrected chi connectivity index (χ4v) is 1.56. The smallest absolute Gasteiger partial charge is 0.121 e. The lowest BCUT2D eigenvalue weighted by molar-refractivity contribution is 0.0669. The van der Waals surface area contributed by atoms with E-state index in [1.54, 1.807) is 6.20 Å². The Kier molecular flexibility index (Phi) is 1.99. The summed E-state index contributed by atoms with van der Waals surface area (Å²) >= 11 is 0. The number of ether oxygens (including phenoxy) is 1. The van der Waals surface area contributed by atoms with E-state index in [0.717, 1.165) is 31.9 Å². The summed E-state index contributed by atoms with van der Waals surface area (Å²) in [6.45, 7) is 1.65. The minimum absolute atomic E-state index is 0.439. The van der Waals surface area contributed by atoms with Crippen molar-refractivity contribution >= 4 is 5.82 Å². The Balaban J connectivity index is 2.13. The van der Waals surface area contributed by atoms with Crippen LogP contribution in [0.2, 0.25) is 0 Å². The van der Waals surface area contributed by atoms with Crippen molar-refractivity contribution in [1.82, 2.24) is 9.78 Å². The molecule has 2 N–H and O–H groups in total. The molecule has 0 unspecified atom stereocenters. The van der Waals surface area contributed by atoms with Crippen molar-refractivity contribution in [2.45, 2.75) is 18.9 Å². The van der Waals surface area contributed by atoms with Gasteiger partial charge in [0.1, 0.15) is 5.82 Å². The first kappa shape index (κ1) is 7.61. The highest BCUT2D eigenvalue weighted by molar-refractivity contribution is 5.26. The fourth-order valence-electron chi connectivity index (χ4n) is 1.56. The summed E-state index contributed by atoms with van der Waals surface area (Å²) in [6.07, 6.45) is 3.78. The summed E-state index contributed by atoms with van der Waals surface area (Å²) in [5.74, 6) is 0.752. The number of nitrogen functional groups attached to an aromatic ring is 1. The zero-order valence-electron chi connectivity index (χ0n) is 6.94. The largest absolute Gasteiger partial charge is 0.384 e. The Morgan fingerprint density at radius 3 is 2.83 bits per heavy atom. The maximum Gasteiger partial charge on any atom is 0.121 e. The second-order valence-electron chi connectivity index (χ2n) is 3.04. The Hall–Kier alpha value is -1.03. The van der Waals surface area contributed by atoms with E-state index in [2.05, 4.69) is 5.10 Å². The topological polar surface area (TPSA) is 53.1 Å². The second kappa shape index (κ2) is 3.15. The molecule has 66 valence electrons. The van der Waals surface area contributed by atoms with Crippen LogP contribution in [0.5, 0.6) is 0 Å². The highest BCUT2D eigenvalue weighted by Gasteiger charge is 2.17. The molecule has 0 aromatic carbocycles. The molecule has 1 aromatic heterocycles. The van der Waals surface area contributed by atoms with E-state index in [-0.39, 0.29) is 0 Å². The molecule has 2 heterocycles. The zero-order chi connectivity index (χ0) is 8.39. The van der Waals surface area contributed by atoms with Gasteiger partial charge in [0.05, 0.1) is 12.2 Å². The van der Waals surface area contributed by atoms with Crippen molar-refractivity contribution in [3.63, 3.8) is 0 Å². The molecule has 4 nitrogen and oxygen atoms in total. The standard InChI is InChI=1S/C8H13N3O/c9-8-1-4-10-11(8)7-2-5-12-6-3-7/h1,4,7H,2-3,5-6,9H2. The average Bonchev–Trinajstić information content (AvgIpc) is 2.53. The van der Waals surface area contributed by atoms with E-state index in [9.17, 15) is 0 Å². The minimum atomic E-state index is 0.439. The van der Waals surface area contributed by atoms with Crippen LogP contribution >= 0.6 is 0 Å². The molecule has 0 saturated carbocycles. The van der Waals surface area contributed by atoms with Crippen molar-refractivity contribution in [2.24, 2.45) is 0 Å². The third-order valence-corrected chi connectivity index (χ3v) is 2.24. The van der Waals surface area contributed by atoms with Gasteiger partial charge in [-0.15, -0.1) is 0 Å². The summed E-state index contributed by atoms with van der Waals surface area (Å²) in [6, 6.07) is 2.27. The number of anilines is 1. The van der Waals surface area contributed by atoms with E-state index in [4.69, 9.17) is 10.5 Å². The monoisotopic (exact) mass is 167 g/mol. The van der Waals surface area contributed by atoms with Gasteiger partial charge in [0.2, 0.25) is 0 Å². The highest BCUT2D eigenvalue weighted by Crippen LogP contribution is 2.22. The minimum Gasteiger partial charge on any atom is -0.384 e. The van der Waals surface area contributed by atoms with Gasteiger partial charge in [0.15, 0.2) is 0 Å². The van der Waals surface area contributed by atoms with Gasteiger partial charge in [-0.3, -0.25) is 0 Å². The van der Waals surface area contributed by atoms with Gasteiger partial charge in [-0.25, -0.2) is 4.68 Å². The summed E-state index contributed by atoms with van der Waals surface area (Å²) in [7, 11) is 0. The normalized spacial score (nSPS) is 19.7. The number of rotatable bonds is 1. The van der Waals surface area contributed by atoms with Gasteiger partial charge in [-0.1, -0.05) is 0 Å². The van der Waals surface area contributed by atoms with Gasteiger partial charge < -0.3 is 10.5 Å². The first-order valence-electron chi connectivity index (χ1n) is 4.24. The molecule has 0 radical (unpaired) electrons. The van der Waals surface area contributed by atoms with E-state index in [1.165, 1.54) is 0 Å². The maximum atomic E-state index is 5.73. The molecular formula is C8H13N3O. The molecule has 1 aromatic rings. The number of aromatic nitrogens is 2. The molecule has 0 spiro atoms. The van der Waals surface area contributed by atoms with Gasteiger partial charge in [0.25, 0.3) is 0 Å². The highest BCUT2D eigenvalue weighted by atomic mass is 16.5. The summed E-state index contributed by atoms with van der Waals surface area (Å²) in [4.78, 5) is 0. The molecule has 0 bridgehead atoms. The van der Waals surface area contributed by atoms with Crippen molar-refractivity contribution in [3.8, 4) is 0 Å². The molecule has 0 amide bonds. The van der Waals surface area contributed by atoms with Crippen LogP contribution in [0.1, 0.15) is 18.9 Å². The lowest BCUT2D eigenvalue weighted by Crippen LogP contribution is -2.21. The van der Waals surface area contributed by atoms with Crippen LogP contribution in [0.3, 0.4) is 0 Å². The van der Waals surface area contributed by atoms with Gasteiger partial charge in [-0.05, 0) is 18.9 Å². The quantitative estimate of drug-likeness (QED) is 0.673. The molecule has 4 heteroatoms. The van der Waals surface area contributed by atoms with E-state index >= 15 is 0 Å². The SMILES string of the molecule is Nc1ccnn1C1CCOCC1.